The number of benzene rings is 2. The van der Waals surface area contributed by atoms with Crippen LogP contribution in [-0.2, 0) is 11.0 Å². The van der Waals surface area contributed by atoms with Crippen molar-refractivity contribution in [3.05, 3.63) is 59.2 Å². The molecule has 0 aliphatic heterocycles. The average Bonchev–Trinajstić information content (AvgIpc) is 3.04. The van der Waals surface area contributed by atoms with Crippen LogP contribution in [-0.4, -0.2) is 28.6 Å². The maximum atomic E-state index is 14.6. The van der Waals surface area contributed by atoms with E-state index in [0.717, 1.165) is 6.07 Å². The molecule has 9 heteroatoms. The zero-order valence-electron chi connectivity index (χ0n) is 16.2. The van der Waals surface area contributed by atoms with Crippen molar-refractivity contribution < 1.29 is 31.9 Å². The van der Waals surface area contributed by atoms with Gasteiger partial charge in [0.15, 0.2) is 0 Å². The lowest BCUT2D eigenvalue weighted by Crippen LogP contribution is -2.43. The van der Waals surface area contributed by atoms with Crippen molar-refractivity contribution in [2.45, 2.75) is 37.4 Å². The first kappa shape index (κ1) is 21.3. The highest BCUT2D eigenvalue weighted by molar-refractivity contribution is 5.92. The SMILES string of the molecule is O=C(CCO)NC1CC(c2c(-c3ccc(F)cc3)[nH]c3c(F)cc(C(F)(F)F)cc23)C1. The second-order valence-corrected chi connectivity index (χ2v) is 7.71. The van der Waals surface area contributed by atoms with Crippen molar-refractivity contribution in [1.29, 1.82) is 0 Å². The van der Waals surface area contributed by atoms with Crippen molar-refractivity contribution >= 4 is 16.8 Å². The summed E-state index contributed by atoms with van der Waals surface area (Å²) in [5.74, 6) is -2.03. The molecule has 0 unspecified atom stereocenters. The van der Waals surface area contributed by atoms with E-state index < -0.39 is 23.4 Å². The molecule has 1 aromatic heterocycles. The molecule has 0 spiro atoms. The lowest BCUT2D eigenvalue weighted by atomic mass is 9.74. The Labute approximate surface area is 174 Å². The number of carbonyl (C=O) groups excluding carboxylic acids is 1. The monoisotopic (exact) mass is 438 g/mol. The summed E-state index contributed by atoms with van der Waals surface area (Å²) < 4.78 is 67.8. The van der Waals surface area contributed by atoms with Gasteiger partial charge in [-0.25, -0.2) is 8.78 Å². The lowest BCUT2D eigenvalue weighted by Gasteiger charge is -2.36. The molecule has 164 valence electrons. The van der Waals surface area contributed by atoms with Gasteiger partial charge in [0.1, 0.15) is 11.6 Å². The minimum Gasteiger partial charge on any atom is -0.396 e. The normalized spacial score (nSPS) is 18.8. The molecule has 1 aliphatic carbocycles. The number of amides is 1. The van der Waals surface area contributed by atoms with Gasteiger partial charge in [0, 0.05) is 17.8 Å². The van der Waals surface area contributed by atoms with Crippen molar-refractivity contribution in [2.75, 3.05) is 6.61 Å². The first-order valence-electron chi connectivity index (χ1n) is 9.76. The number of hydrogen-bond donors (Lipinski definition) is 3. The third-order valence-electron chi connectivity index (χ3n) is 5.61. The summed E-state index contributed by atoms with van der Waals surface area (Å²) in [5, 5.41) is 11.7. The third kappa shape index (κ3) is 4.14. The Morgan fingerprint density at radius 1 is 1.13 bits per heavy atom. The number of carbonyl (C=O) groups is 1. The molecule has 4 rings (SSSR count). The highest BCUT2D eigenvalue weighted by Crippen LogP contribution is 2.46. The molecule has 1 aliphatic rings. The molecule has 1 fully saturated rings. The molecule has 0 saturated heterocycles. The zero-order chi connectivity index (χ0) is 22.3. The highest BCUT2D eigenvalue weighted by Gasteiger charge is 2.37. The summed E-state index contributed by atoms with van der Waals surface area (Å²) in [6.07, 6.45) is -3.83. The van der Waals surface area contributed by atoms with Gasteiger partial charge in [-0.2, -0.15) is 13.2 Å². The number of aliphatic hydroxyl groups excluding tert-OH is 1. The summed E-state index contributed by atoms with van der Waals surface area (Å²) in [6.45, 7) is -0.279. The van der Waals surface area contributed by atoms with Gasteiger partial charge in [-0.3, -0.25) is 4.79 Å². The average molecular weight is 438 g/mol. The first-order chi connectivity index (χ1) is 14.7. The Kier molecular flexibility index (Phi) is 5.47. The van der Waals surface area contributed by atoms with E-state index in [9.17, 15) is 26.7 Å². The molecule has 1 saturated carbocycles. The standard InChI is InChI=1S/C22H19F5N2O2/c23-14-3-1-11(2-4-14)20-19(12-7-15(8-12)28-18(31)5-6-30)16-9-13(22(25,26)27)10-17(24)21(16)29-20/h1-4,9-10,12,15,29-30H,5-8H2,(H,28,31). The minimum atomic E-state index is -4.71. The van der Waals surface area contributed by atoms with Gasteiger partial charge >= 0.3 is 6.18 Å². The summed E-state index contributed by atoms with van der Waals surface area (Å²) in [6, 6.07) is 6.59. The maximum Gasteiger partial charge on any atom is 0.416 e. The van der Waals surface area contributed by atoms with E-state index in [0.29, 0.717) is 35.7 Å². The van der Waals surface area contributed by atoms with Crippen molar-refractivity contribution in [3.63, 3.8) is 0 Å². The molecule has 2 aromatic carbocycles. The van der Waals surface area contributed by atoms with Crippen LogP contribution in [0.5, 0.6) is 0 Å². The maximum absolute atomic E-state index is 14.6. The molecule has 0 radical (unpaired) electrons. The lowest BCUT2D eigenvalue weighted by molar-refractivity contribution is -0.137. The van der Waals surface area contributed by atoms with Crippen LogP contribution in [0.3, 0.4) is 0 Å². The number of halogens is 5. The Balaban J connectivity index is 1.77. The third-order valence-corrected chi connectivity index (χ3v) is 5.61. The smallest absolute Gasteiger partial charge is 0.396 e. The van der Waals surface area contributed by atoms with Gasteiger partial charge in [0.05, 0.1) is 23.4 Å². The molecule has 4 nitrogen and oxygen atoms in total. The fourth-order valence-corrected chi connectivity index (χ4v) is 4.08. The quantitative estimate of drug-likeness (QED) is 0.498. The van der Waals surface area contributed by atoms with E-state index in [1.165, 1.54) is 24.3 Å². The molecule has 1 amide bonds. The van der Waals surface area contributed by atoms with Crippen LogP contribution >= 0.6 is 0 Å². The Morgan fingerprint density at radius 2 is 1.81 bits per heavy atom. The summed E-state index contributed by atoms with van der Waals surface area (Å²) >= 11 is 0. The number of H-pyrrole nitrogens is 1. The Bertz CT molecular complexity index is 1120. The van der Waals surface area contributed by atoms with E-state index in [-0.39, 0.29) is 41.8 Å². The van der Waals surface area contributed by atoms with Gasteiger partial charge in [-0.15, -0.1) is 0 Å². The number of nitrogens with one attached hydrogen (secondary N) is 2. The van der Waals surface area contributed by atoms with Gasteiger partial charge in [0.25, 0.3) is 0 Å². The number of rotatable bonds is 5. The molecule has 31 heavy (non-hydrogen) atoms. The number of aliphatic hydroxyl groups is 1. The number of alkyl halides is 3. The summed E-state index contributed by atoms with van der Waals surface area (Å²) in [5.41, 5.74) is 0.330. The molecular formula is C22H19F5N2O2. The number of hydrogen-bond acceptors (Lipinski definition) is 2. The second kappa shape index (κ2) is 7.96. The fraction of sp³-hybridized carbons (Fsp3) is 0.318. The number of aromatic nitrogens is 1. The minimum absolute atomic E-state index is 0.0325. The predicted molar refractivity (Wildman–Crippen MR) is 104 cm³/mol. The highest BCUT2D eigenvalue weighted by atomic mass is 19.4. The summed E-state index contributed by atoms with van der Waals surface area (Å²) in [4.78, 5) is 14.6. The van der Waals surface area contributed by atoms with E-state index in [1.807, 2.05) is 0 Å². The van der Waals surface area contributed by atoms with Crippen LogP contribution in [0.15, 0.2) is 36.4 Å². The van der Waals surface area contributed by atoms with Gasteiger partial charge < -0.3 is 15.4 Å². The Morgan fingerprint density at radius 3 is 2.42 bits per heavy atom. The van der Waals surface area contributed by atoms with E-state index in [4.69, 9.17) is 5.11 Å². The van der Waals surface area contributed by atoms with Crippen LogP contribution in [0.1, 0.15) is 36.3 Å². The van der Waals surface area contributed by atoms with Gasteiger partial charge in [-0.1, -0.05) is 0 Å². The van der Waals surface area contributed by atoms with Crippen LogP contribution in [0.2, 0.25) is 0 Å². The van der Waals surface area contributed by atoms with Gasteiger partial charge in [-0.05, 0) is 66.3 Å². The zero-order valence-corrected chi connectivity index (χ0v) is 16.2. The molecular weight excluding hydrogens is 419 g/mol. The molecule has 3 N–H and O–H groups in total. The van der Waals surface area contributed by atoms with Crippen molar-refractivity contribution in [3.8, 4) is 11.3 Å². The van der Waals surface area contributed by atoms with Crippen molar-refractivity contribution in [1.82, 2.24) is 10.3 Å². The fourth-order valence-electron chi connectivity index (χ4n) is 4.08. The van der Waals surface area contributed by atoms with E-state index in [1.54, 1.807) is 0 Å². The van der Waals surface area contributed by atoms with Gasteiger partial charge in [0.2, 0.25) is 5.91 Å². The Hall–Kier alpha value is -2.94. The van der Waals surface area contributed by atoms with Crippen LogP contribution < -0.4 is 5.32 Å². The molecule has 0 bridgehead atoms. The van der Waals surface area contributed by atoms with Crippen LogP contribution in [0.4, 0.5) is 22.0 Å². The topological polar surface area (TPSA) is 65.1 Å². The molecule has 3 aromatic rings. The van der Waals surface area contributed by atoms with E-state index >= 15 is 0 Å². The second-order valence-electron chi connectivity index (χ2n) is 7.71. The first-order valence-corrected chi connectivity index (χ1v) is 9.76. The van der Waals surface area contributed by atoms with Crippen LogP contribution in [0.25, 0.3) is 22.2 Å². The molecule has 0 atom stereocenters. The molecule has 1 heterocycles. The predicted octanol–water partition coefficient (Wildman–Crippen LogP) is 4.88. The van der Waals surface area contributed by atoms with Crippen molar-refractivity contribution in [2.24, 2.45) is 0 Å². The number of aromatic amines is 1. The van der Waals surface area contributed by atoms with E-state index in [2.05, 4.69) is 10.3 Å². The summed E-state index contributed by atoms with van der Waals surface area (Å²) in [7, 11) is 0. The number of fused-ring (bicyclic) bond motifs is 1. The van der Waals surface area contributed by atoms with Crippen LogP contribution in [0, 0.1) is 11.6 Å². The largest absolute Gasteiger partial charge is 0.416 e.